The number of hydrogen-bond donors (Lipinski definition) is 0. The van der Waals surface area contributed by atoms with Crippen LogP contribution in [-0.2, 0) is 12.4 Å². The molecule has 0 N–H and O–H groups in total. The van der Waals surface area contributed by atoms with Gasteiger partial charge in [-0.2, -0.15) is 0 Å². The molecule has 0 unspecified atom stereocenters. The third-order valence-corrected chi connectivity index (χ3v) is 8.88. The summed E-state index contributed by atoms with van der Waals surface area (Å²) in [6.07, 6.45) is -7.35. The second-order valence-electron chi connectivity index (χ2n) is 3.93. The normalized spacial score (nSPS) is 12.5. The van der Waals surface area contributed by atoms with E-state index in [4.69, 9.17) is 0 Å². The molecule has 2 nitrogen and oxygen atoms in total. The number of aromatic nitrogens is 2. The van der Waals surface area contributed by atoms with E-state index in [1.807, 2.05) is 0 Å². The quantitative estimate of drug-likeness (QED) is 0.527. The predicted octanol–water partition coefficient (Wildman–Crippen LogP) is 1.79. The van der Waals surface area contributed by atoms with Gasteiger partial charge in [-0.15, -0.1) is 0 Å². The fourth-order valence-corrected chi connectivity index (χ4v) is 6.57. The molecule has 10 heteroatoms. The first-order chi connectivity index (χ1) is 10.2. The van der Waals surface area contributed by atoms with Crippen molar-refractivity contribution in [3.63, 3.8) is 0 Å². The van der Waals surface area contributed by atoms with Crippen LogP contribution in [0.5, 0.6) is 0 Å². The minimum atomic E-state index is -4.43. The van der Waals surface area contributed by atoms with E-state index in [9.17, 15) is 26.3 Å². The van der Waals surface area contributed by atoms with E-state index in [1.165, 1.54) is 12.1 Å². The van der Waals surface area contributed by atoms with Gasteiger partial charge in [0.05, 0.1) is 0 Å². The van der Waals surface area contributed by atoms with Crippen LogP contribution in [0.4, 0.5) is 26.3 Å². The summed E-state index contributed by atoms with van der Waals surface area (Å²) in [6.45, 7) is 0. The van der Waals surface area contributed by atoms with Crippen LogP contribution in [0.3, 0.4) is 0 Å². The summed E-state index contributed by atoms with van der Waals surface area (Å²) in [4.78, 5) is 7.47. The van der Waals surface area contributed by atoms with Gasteiger partial charge in [-0.3, -0.25) is 0 Å². The average molecular weight is 450 g/mol. The topological polar surface area (TPSA) is 25.8 Å². The molecule has 0 amide bonds. The van der Waals surface area contributed by atoms with Crippen LogP contribution >= 0.6 is 0 Å². The number of alkyl halides is 6. The molecule has 2 aromatic rings. The maximum atomic E-state index is 12.4. The molecule has 0 bridgehead atoms. The van der Waals surface area contributed by atoms with Crippen LogP contribution in [0.2, 0.25) is 0 Å². The zero-order valence-electron chi connectivity index (χ0n) is 10.4. The van der Waals surface area contributed by atoms with Crippen LogP contribution in [0.1, 0.15) is 11.1 Å². The first-order valence-electron chi connectivity index (χ1n) is 5.57. The second kappa shape index (κ2) is 6.58. The predicted molar refractivity (Wildman–Crippen MR) is 69.3 cm³/mol. The molecule has 2 heterocycles. The second-order valence-corrected chi connectivity index (χ2v) is 10.0. The van der Waals surface area contributed by atoms with Crippen LogP contribution in [-0.4, -0.2) is 36.2 Å². The molecule has 118 valence electrons. The number of rotatable bonds is 3. The summed E-state index contributed by atoms with van der Waals surface area (Å²) in [5, 5.41) is 0. The molecule has 0 saturated heterocycles. The van der Waals surface area contributed by atoms with Crippen molar-refractivity contribution in [3.8, 4) is 0 Å². The molecular weight excluding hydrogens is 444 g/mol. The number of nitrogens with zero attached hydrogens (tertiary/aromatic N) is 2. The van der Waals surface area contributed by atoms with Crippen LogP contribution in [0, 0.1) is 0 Å². The van der Waals surface area contributed by atoms with Crippen LogP contribution < -0.4 is 9.18 Å². The van der Waals surface area contributed by atoms with Crippen molar-refractivity contribution in [2.75, 3.05) is 0 Å². The fraction of sp³-hybridized carbons (Fsp3) is 0.167. The Bertz CT molecular complexity index is 565. The molecule has 0 aliphatic rings. The molecule has 0 atom stereocenters. The van der Waals surface area contributed by atoms with Gasteiger partial charge in [-0.05, 0) is 0 Å². The minimum absolute atomic E-state index is 0.246. The van der Waals surface area contributed by atoms with Crippen molar-refractivity contribution < 1.29 is 26.3 Å². The molecule has 0 aliphatic carbocycles. The summed E-state index contributed by atoms with van der Waals surface area (Å²) < 4.78 is 75.2. The fourth-order valence-electron chi connectivity index (χ4n) is 1.28. The Morgan fingerprint density at radius 1 is 0.636 bits per heavy atom. The molecule has 0 aromatic carbocycles. The van der Waals surface area contributed by atoms with E-state index >= 15 is 0 Å². The van der Waals surface area contributed by atoms with Gasteiger partial charge < -0.3 is 0 Å². The van der Waals surface area contributed by atoms with E-state index in [0.717, 1.165) is 24.5 Å². The Hall–Kier alpha value is -1.08. The maximum absolute atomic E-state index is 12.4. The van der Waals surface area contributed by atoms with Crippen molar-refractivity contribution in [3.05, 3.63) is 47.8 Å². The standard InChI is InChI=1S/C12H6F6N2Se2/c13-11(14,15)7-1-3-9(19-5-7)21-22-10-4-2-8(6-20-10)12(16,17)18/h1-6H. The summed E-state index contributed by atoms with van der Waals surface area (Å²) in [5.41, 5.74) is -1.65. The van der Waals surface area contributed by atoms with Crippen LogP contribution in [0.15, 0.2) is 36.7 Å². The van der Waals surface area contributed by atoms with E-state index in [2.05, 4.69) is 9.97 Å². The van der Waals surface area contributed by atoms with Gasteiger partial charge in [0.15, 0.2) is 0 Å². The Morgan fingerprint density at radius 2 is 1.00 bits per heavy atom. The first kappa shape index (κ1) is 17.3. The Balaban J connectivity index is 1.98. The van der Waals surface area contributed by atoms with Gasteiger partial charge in [-0.25, -0.2) is 0 Å². The van der Waals surface area contributed by atoms with Crippen LogP contribution in [0.25, 0.3) is 0 Å². The molecule has 0 fully saturated rings. The van der Waals surface area contributed by atoms with E-state index in [1.54, 1.807) is 0 Å². The molecule has 2 rings (SSSR count). The summed E-state index contributed by atoms with van der Waals surface area (Å²) in [5.74, 6) is 0. The third-order valence-electron chi connectivity index (χ3n) is 2.34. The molecular formula is C12H6F6N2Se2. The van der Waals surface area contributed by atoms with Gasteiger partial charge in [-0.1, -0.05) is 0 Å². The van der Waals surface area contributed by atoms with Crippen molar-refractivity contribution in [2.45, 2.75) is 12.4 Å². The van der Waals surface area contributed by atoms with Gasteiger partial charge in [0.25, 0.3) is 0 Å². The van der Waals surface area contributed by atoms with Crippen molar-refractivity contribution in [1.29, 1.82) is 0 Å². The zero-order chi connectivity index (χ0) is 16.4. The summed E-state index contributed by atoms with van der Waals surface area (Å²) in [6, 6.07) is 4.46. The summed E-state index contributed by atoms with van der Waals surface area (Å²) >= 11 is -0.492. The molecule has 0 radical (unpaired) electrons. The third kappa shape index (κ3) is 4.71. The molecule has 0 saturated carbocycles. The van der Waals surface area contributed by atoms with E-state index in [-0.39, 0.29) is 26.3 Å². The SMILES string of the molecule is FC(F)(F)c1ccc([Se][Se]c2ccc(C(F)(F)F)cn2)nc1. The number of pyridine rings is 2. The van der Waals surface area contributed by atoms with Gasteiger partial charge in [0.2, 0.25) is 0 Å². The van der Waals surface area contributed by atoms with E-state index < -0.39 is 23.5 Å². The zero-order valence-corrected chi connectivity index (χ0v) is 13.9. The molecule has 2 aromatic heterocycles. The van der Waals surface area contributed by atoms with Gasteiger partial charge in [0, 0.05) is 0 Å². The molecule has 22 heavy (non-hydrogen) atoms. The van der Waals surface area contributed by atoms with Crippen molar-refractivity contribution >= 4 is 35.4 Å². The van der Waals surface area contributed by atoms with Gasteiger partial charge in [0.1, 0.15) is 0 Å². The Labute approximate surface area is 132 Å². The van der Waals surface area contributed by atoms with Crippen molar-refractivity contribution in [2.24, 2.45) is 0 Å². The number of halogens is 6. The first-order valence-corrected chi connectivity index (χ1v) is 11.6. The number of hydrogen-bond acceptors (Lipinski definition) is 2. The molecule has 0 spiro atoms. The summed E-state index contributed by atoms with van der Waals surface area (Å²) in [7, 11) is 0. The van der Waals surface area contributed by atoms with Crippen molar-refractivity contribution in [1.82, 2.24) is 9.97 Å². The van der Waals surface area contributed by atoms with E-state index in [0.29, 0.717) is 9.18 Å². The molecule has 0 aliphatic heterocycles. The monoisotopic (exact) mass is 452 g/mol. The Kier molecular flexibility index (Phi) is 5.17. The average Bonchev–Trinajstić information content (AvgIpc) is 2.44. The Morgan fingerprint density at radius 3 is 1.23 bits per heavy atom. The van der Waals surface area contributed by atoms with Gasteiger partial charge >= 0.3 is 132 Å².